The first kappa shape index (κ1) is 23.9. The summed E-state index contributed by atoms with van der Waals surface area (Å²) in [6.07, 6.45) is 1.46. The topological polar surface area (TPSA) is 53.6 Å². The van der Waals surface area contributed by atoms with Crippen LogP contribution in [0, 0.1) is 29.4 Å². The van der Waals surface area contributed by atoms with Gasteiger partial charge in [0.2, 0.25) is 0 Å². The molecule has 2 atom stereocenters. The Bertz CT molecular complexity index is 1470. The first-order chi connectivity index (χ1) is 17.7. The predicted octanol–water partition coefficient (Wildman–Crippen LogP) is 7.83. The van der Waals surface area contributed by atoms with Gasteiger partial charge in [-0.05, 0) is 55.6 Å². The highest BCUT2D eigenvalue weighted by Gasteiger charge is 2.41. The van der Waals surface area contributed by atoms with E-state index in [0.29, 0.717) is 29.1 Å². The van der Waals surface area contributed by atoms with E-state index in [9.17, 15) is 22.0 Å². The minimum Gasteiger partial charge on any atom is -0.367 e. The van der Waals surface area contributed by atoms with E-state index in [1.54, 1.807) is 6.07 Å². The standard InChI is InChI=1S/C28H25F5N4/c1-14-15-6-8-16(9-7-15)25(14)36-24-12-23(18-4-2-3-5-21(18)28(31,32)33)35-27(37-24)20-13-34-26-19(20)10-17(29)11-22(26)30/h2-5,10-16,25,34H,6-9H2,1H3,(H,35,36,37). The number of aromatic amines is 1. The van der Waals surface area contributed by atoms with E-state index in [4.69, 9.17) is 0 Å². The molecular weight excluding hydrogens is 487 g/mol. The summed E-state index contributed by atoms with van der Waals surface area (Å²) in [4.78, 5) is 11.9. The highest BCUT2D eigenvalue weighted by atomic mass is 19.4. The maximum atomic E-state index is 14.4. The van der Waals surface area contributed by atoms with E-state index >= 15 is 0 Å². The predicted molar refractivity (Wildman–Crippen MR) is 132 cm³/mol. The number of rotatable bonds is 4. The van der Waals surface area contributed by atoms with Crippen molar-refractivity contribution in [2.75, 3.05) is 5.32 Å². The molecule has 0 spiro atoms. The van der Waals surface area contributed by atoms with Crippen molar-refractivity contribution in [3.05, 3.63) is 65.9 Å². The van der Waals surface area contributed by atoms with E-state index in [-0.39, 0.29) is 34.0 Å². The van der Waals surface area contributed by atoms with Crippen molar-refractivity contribution in [1.82, 2.24) is 15.0 Å². The van der Waals surface area contributed by atoms with Gasteiger partial charge in [-0.3, -0.25) is 0 Å². The molecule has 2 N–H and O–H groups in total. The molecule has 2 aromatic heterocycles. The van der Waals surface area contributed by atoms with Gasteiger partial charge in [0.1, 0.15) is 17.5 Å². The molecule has 37 heavy (non-hydrogen) atoms. The zero-order valence-corrected chi connectivity index (χ0v) is 20.0. The molecule has 2 bridgehead atoms. The van der Waals surface area contributed by atoms with Gasteiger partial charge in [0.15, 0.2) is 5.82 Å². The molecule has 3 aliphatic rings. The Morgan fingerprint density at radius 2 is 1.65 bits per heavy atom. The molecule has 2 heterocycles. The zero-order valence-electron chi connectivity index (χ0n) is 20.0. The van der Waals surface area contributed by atoms with Gasteiger partial charge in [-0.15, -0.1) is 0 Å². The second-order valence-electron chi connectivity index (χ2n) is 10.2. The lowest BCUT2D eigenvalue weighted by molar-refractivity contribution is -0.137. The number of hydrogen-bond acceptors (Lipinski definition) is 3. The Morgan fingerprint density at radius 1 is 0.919 bits per heavy atom. The smallest absolute Gasteiger partial charge is 0.367 e. The van der Waals surface area contributed by atoms with Crippen LogP contribution in [0.5, 0.6) is 0 Å². The fourth-order valence-corrected chi connectivity index (χ4v) is 6.25. The van der Waals surface area contributed by atoms with E-state index in [2.05, 4.69) is 27.2 Å². The number of alkyl halides is 3. The maximum Gasteiger partial charge on any atom is 0.417 e. The van der Waals surface area contributed by atoms with Gasteiger partial charge in [0.05, 0.1) is 16.8 Å². The van der Waals surface area contributed by atoms with Crippen molar-refractivity contribution in [3.8, 4) is 22.6 Å². The van der Waals surface area contributed by atoms with Gasteiger partial charge in [-0.2, -0.15) is 13.2 Å². The monoisotopic (exact) mass is 512 g/mol. The molecule has 4 aromatic rings. The highest BCUT2D eigenvalue weighted by Crippen LogP contribution is 2.46. The molecule has 3 aliphatic carbocycles. The van der Waals surface area contributed by atoms with E-state index in [0.717, 1.165) is 25.0 Å². The largest absolute Gasteiger partial charge is 0.417 e. The van der Waals surface area contributed by atoms with Gasteiger partial charge in [0, 0.05) is 40.9 Å². The van der Waals surface area contributed by atoms with E-state index in [1.165, 1.54) is 43.3 Å². The lowest BCUT2D eigenvalue weighted by Crippen LogP contribution is -2.47. The molecule has 0 aliphatic heterocycles. The second kappa shape index (κ2) is 8.82. The van der Waals surface area contributed by atoms with Crippen LogP contribution in [-0.4, -0.2) is 21.0 Å². The van der Waals surface area contributed by atoms with Crippen LogP contribution in [0.4, 0.5) is 27.8 Å². The van der Waals surface area contributed by atoms with Crippen LogP contribution in [0.25, 0.3) is 33.5 Å². The molecule has 0 amide bonds. The number of aromatic nitrogens is 3. The number of anilines is 1. The lowest BCUT2D eigenvalue weighted by atomic mass is 9.62. The van der Waals surface area contributed by atoms with Crippen LogP contribution >= 0.6 is 0 Å². The molecule has 3 fully saturated rings. The van der Waals surface area contributed by atoms with Crippen LogP contribution < -0.4 is 5.32 Å². The van der Waals surface area contributed by atoms with Crippen LogP contribution in [0.1, 0.15) is 38.2 Å². The first-order valence-electron chi connectivity index (χ1n) is 12.5. The number of fused-ring (bicyclic) bond motifs is 4. The minimum atomic E-state index is -4.58. The van der Waals surface area contributed by atoms with Crippen molar-refractivity contribution in [2.45, 2.75) is 44.8 Å². The SMILES string of the molecule is CC1C2CCC(CC2)C1Nc1cc(-c2ccccc2C(F)(F)F)nc(-c2c[nH]c3c(F)cc(F)cc23)n1. The zero-order chi connectivity index (χ0) is 25.9. The van der Waals surface area contributed by atoms with Crippen molar-refractivity contribution in [1.29, 1.82) is 0 Å². The fraction of sp³-hybridized carbons (Fsp3) is 0.357. The first-order valence-corrected chi connectivity index (χ1v) is 12.5. The molecule has 192 valence electrons. The summed E-state index contributed by atoms with van der Waals surface area (Å²) in [5.74, 6) is 0.400. The maximum absolute atomic E-state index is 14.4. The van der Waals surface area contributed by atoms with Crippen LogP contribution in [0.3, 0.4) is 0 Å². The van der Waals surface area contributed by atoms with Crippen molar-refractivity contribution in [2.24, 2.45) is 17.8 Å². The van der Waals surface area contributed by atoms with Crippen LogP contribution in [-0.2, 0) is 6.18 Å². The molecule has 2 aromatic carbocycles. The number of hydrogen-bond donors (Lipinski definition) is 2. The van der Waals surface area contributed by atoms with Crippen molar-refractivity contribution >= 4 is 16.7 Å². The van der Waals surface area contributed by atoms with Crippen LogP contribution in [0.15, 0.2) is 48.7 Å². The van der Waals surface area contributed by atoms with Gasteiger partial charge < -0.3 is 10.3 Å². The average Bonchev–Trinajstić information content (AvgIpc) is 3.30. The summed E-state index contributed by atoms with van der Waals surface area (Å²) >= 11 is 0. The quantitative estimate of drug-likeness (QED) is 0.274. The van der Waals surface area contributed by atoms with Gasteiger partial charge in [-0.1, -0.05) is 25.1 Å². The Kier molecular flexibility index (Phi) is 5.69. The summed E-state index contributed by atoms with van der Waals surface area (Å²) < 4.78 is 70.1. The number of H-pyrrole nitrogens is 1. The summed E-state index contributed by atoms with van der Waals surface area (Å²) in [5.41, 5.74) is -0.432. The van der Waals surface area contributed by atoms with Crippen molar-refractivity contribution < 1.29 is 22.0 Å². The molecular formula is C28H25F5N4. The average molecular weight is 513 g/mol. The summed E-state index contributed by atoms with van der Waals surface area (Å²) in [6.45, 7) is 2.21. The Morgan fingerprint density at radius 3 is 2.38 bits per heavy atom. The number of nitrogens with zero attached hydrogens (tertiary/aromatic N) is 2. The number of nitrogens with one attached hydrogen (secondary N) is 2. The third kappa shape index (κ3) is 4.24. The Balaban J connectivity index is 1.51. The molecule has 3 saturated carbocycles. The molecule has 7 rings (SSSR count). The van der Waals surface area contributed by atoms with Gasteiger partial charge in [-0.25, -0.2) is 18.7 Å². The summed E-state index contributed by atoms with van der Waals surface area (Å²) in [6, 6.07) is 8.86. The summed E-state index contributed by atoms with van der Waals surface area (Å²) in [7, 11) is 0. The number of halogens is 5. The molecule has 4 nitrogen and oxygen atoms in total. The molecule has 0 radical (unpaired) electrons. The minimum absolute atomic E-state index is 0.0776. The third-order valence-electron chi connectivity index (χ3n) is 8.13. The Labute approximate surface area is 210 Å². The van der Waals surface area contributed by atoms with E-state index < -0.39 is 23.4 Å². The van der Waals surface area contributed by atoms with E-state index in [1.807, 2.05) is 0 Å². The fourth-order valence-electron chi connectivity index (χ4n) is 6.25. The third-order valence-corrected chi connectivity index (χ3v) is 8.13. The summed E-state index contributed by atoms with van der Waals surface area (Å²) in [5, 5.41) is 3.73. The van der Waals surface area contributed by atoms with Crippen LogP contribution in [0.2, 0.25) is 0 Å². The Hall–Kier alpha value is -3.49. The second-order valence-corrected chi connectivity index (χ2v) is 10.2. The van der Waals surface area contributed by atoms with Gasteiger partial charge >= 0.3 is 6.18 Å². The highest BCUT2D eigenvalue weighted by molar-refractivity contribution is 5.94. The normalized spacial score (nSPS) is 23.5. The molecule has 2 unspecified atom stereocenters. The molecule has 9 heteroatoms. The lowest BCUT2D eigenvalue weighted by Gasteiger charge is -2.47. The molecule has 0 saturated heterocycles. The van der Waals surface area contributed by atoms with Gasteiger partial charge in [0.25, 0.3) is 0 Å². The number of benzene rings is 2. The van der Waals surface area contributed by atoms with Crippen molar-refractivity contribution in [3.63, 3.8) is 0 Å².